The Morgan fingerprint density at radius 1 is 1.00 bits per heavy atom. The lowest BCUT2D eigenvalue weighted by molar-refractivity contribution is -0.137. The van der Waals surface area contributed by atoms with Crippen LogP contribution in [0.5, 0.6) is 5.75 Å². The number of nitrogens with one attached hydrogen (secondary N) is 2. The summed E-state index contributed by atoms with van der Waals surface area (Å²) in [5, 5.41) is 15.6. The predicted molar refractivity (Wildman–Crippen MR) is 180 cm³/mol. The van der Waals surface area contributed by atoms with E-state index < -0.39 is 17.9 Å². The molecule has 1 saturated carbocycles. The molecule has 2 aromatic carbocycles. The first kappa shape index (κ1) is 36.1. The van der Waals surface area contributed by atoms with Crippen molar-refractivity contribution in [3.63, 3.8) is 0 Å². The molecule has 0 radical (unpaired) electrons. The van der Waals surface area contributed by atoms with Crippen LogP contribution in [0.3, 0.4) is 0 Å². The zero-order valence-electron chi connectivity index (χ0n) is 28.2. The molecule has 0 bridgehead atoms. The Labute approximate surface area is 278 Å². The zero-order valence-corrected chi connectivity index (χ0v) is 28.2. The molecule has 10 nitrogen and oxygen atoms in total. The molecule has 0 saturated heterocycles. The molecule has 1 fully saturated rings. The number of hydrogen-bond acceptors (Lipinski definition) is 6. The molecule has 11 heteroatoms. The van der Waals surface area contributed by atoms with E-state index in [9.17, 15) is 23.9 Å². The summed E-state index contributed by atoms with van der Waals surface area (Å²) in [7, 11) is 1.84. The third kappa shape index (κ3) is 10.4. The van der Waals surface area contributed by atoms with Gasteiger partial charge in [0.15, 0.2) is 0 Å². The summed E-state index contributed by atoms with van der Waals surface area (Å²) in [6.45, 7) is 6.71. The molecule has 47 heavy (non-hydrogen) atoms. The minimum atomic E-state index is -0.555. The van der Waals surface area contributed by atoms with E-state index in [0.717, 1.165) is 44.9 Å². The number of ether oxygens (including phenoxy) is 2. The average molecular weight is 655 g/mol. The standard InChI is InChI=1S/C36H51FN4O6/c1-24-21-41(25(2)23-42)35(44)31-20-30(39-36(45)38-29-15-13-28(37)14-16-29)17-18-32(31)47-26(3)10-8-9-19-46-33(24)22-40(4)34(43)27-11-6-5-7-12-27/h13-18,20,24-27,33,42H,5-12,19,21-23H2,1-4H3,(H2,38,39,45)/t24-,25+,26-,33-/m0/s1. The molecule has 4 amide bonds. The van der Waals surface area contributed by atoms with Crippen LogP contribution >= 0.6 is 0 Å². The fourth-order valence-corrected chi connectivity index (χ4v) is 6.31. The van der Waals surface area contributed by atoms with Gasteiger partial charge in [-0.15, -0.1) is 0 Å². The van der Waals surface area contributed by atoms with Crippen LogP contribution in [-0.2, 0) is 9.53 Å². The Morgan fingerprint density at radius 3 is 2.36 bits per heavy atom. The number of nitrogens with zero attached hydrogens (tertiary/aromatic N) is 2. The lowest BCUT2D eigenvalue weighted by atomic mass is 9.88. The number of benzene rings is 2. The summed E-state index contributed by atoms with van der Waals surface area (Å²) in [4.78, 5) is 43.8. The van der Waals surface area contributed by atoms with Gasteiger partial charge >= 0.3 is 6.03 Å². The first-order valence-electron chi connectivity index (χ1n) is 17.0. The Bertz CT molecular complexity index is 1340. The van der Waals surface area contributed by atoms with Gasteiger partial charge in [0.1, 0.15) is 11.6 Å². The van der Waals surface area contributed by atoms with Gasteiger partial charge in [0.2, 0.25) is 5.91 Å². The van der Waals surface area contributed by atoms with Gasteiger partial charge in [-0.25, -0.2) is 9.18 Å². The van der Waals surface area contributed by atoms with Crippen molar-refractivity contribution < 1.29 is 33.4 Å². The Hall–Kier alpha value is -3.70. The van der Waals surface area contributed by atoms with Crippen molar-refractivity contribution in [2.24, 2.45) is 11.8 Å². The summed E-state index contributed by atoms with van der Waals surface area (Å²) in [5.74, 6) is -0.344. The van der Waals surface area contributed by atoms with Gasteiger partial charge in [0, 0.05) is 50.0 Å². The van der Waals surface area contributed by atoms with E-state index in [1.54, 1.807) is 34.9 Å². The molecule has 0 spiro atoms. The summed E-state index contributed by atoms with van der Waals surface area (Å²) in [6, 6.07) is 9.23. The summed E-state index contributed by atoms with van der Waals surface area (Å²) < 4.78 is 26.0. The highest BCUT2D eigenvalue weighted by atomic mass is 19.1. The van der Waals surface area contributed by atoms with Crippen LogP contribution in [0.2, 0.25) is 0 Å². The normalized spacial score (nSPS) is 22.3. The van der Waals surface area contributed by atoms with Gasteiger partial charge in [0.05, 0.1) is 30.4 Å². The van der Waals surface area contributed by atoms with Crippen LogP contribution in [-0.4, -0.2) is 84.4 Å². The predicted octanol–water partition coefficient (Wildman–Crippen LogP) is 6.30. The number of carbonyl (C=O) groups is 3. The molecule has 1 aliphatic heterocycles. The maximum absolute atomic E-state index is 14.3. The maximum Gasteiger partial charge on any atom is 0.323 e. The largest absolute Gasteiger partial charge is 0.490 e. The monoisotopic (exact) mass is 654 g/mol. The number of amides is 4. The van der Waals surface area contributed by atoms with Crippen LogP contribution in [0.4, 0.5) is 20.6 Å². The van der Waals surface area contributed by atoms with Crippen molar-refractivity contribution in [1.82, 2.24) is 9.80 Å². The number of halogens is 1. The van der Waals surface area contributed by atoms with E-state index in [2.05, 4.69) is 10.6 Å². The van der Waals surface area contributed by atoms with Gasteiger partial charge in [-0.05, 0) is 88.4 Å². The Balaban J connectivity index is 1.58. The van der Waals surface area contributed by atoms with E-state index >= 15 is 0 Å². The number of anilines is 2. The molecule has 1 aliphatic carbocycles. The van der Waals surface area contributed by atoms with Crippen molar-refractivity contribution in [1.29, 1.82) is 0 Å². The quantitative estimate of drug-likeness (QED) is 0.322. The average Bonchev–Trinajstić information content (AvgIpc) is 3.07. The van der Waals surface area contributed by atoms with Crippen molar-refractivity contribution in [3.8, 4) is 5.75 Å². The molecule has 3 N–H and O–H groups in total. The lowest BCUT2D eigenvalue weighted by Crippen LogP contribution is -2.48. The number of hydrogen-bond donors (Lipinski definition) is 3. The summed E-state index contributed by atoms with van der Waals surface area (Å²) >= 11 is 0. The van der Waals surface area contributed by atoms with Crippen LogP contribution in [0.25, 0.3) is 0 Å². The number of likely N-dealkylation sites (N-methyl/N-ethyl adjacent to an activating group) is 1. The summed E-state index contributed by atoms with van der Waals surface area (Å²) in [6.07, 6.45) is 7.11. The SMILES string of the molecule is C[C@H](CO)N1C[C@H](C)[C@H](CN(C)C(=O)C2CCCCC2)OCCCC[C@H](C)Oc2ccc(NC(=O)Nc3ccc(F)cc3)cc2C1=O. The topological polar surface area (TPSA) is 120 Å². The minimum Gasteiger partial charge on any atom is -0.490 e. The van der Waals surface area contributed by atoms with Crippen LogP contribution in [0.1, 0.15) is 82.5 Å². The third-order valence-electron chi connectivity index (χ3n) is 9.20. The molecule has 258 valence electrons. The van der Waals surface area contributed by atoms with Crippen LogP contribution in [0, 0.1) is 17.7 Å². The molecule has 0 aromatic heterocycles. The second-order valence-corrected chi connectivity index (χ2v) is 13.2. The molecule has 2 aliphatic rings. The number of aliphatic hydroxyl groups excluding tert-OH is 1. The van der Waals surface area contributed by atoms with Crippen LogP contribution < -0.4 is 15.4 Å². The highest BCUT2D eigenvalue weighted by Gasteiger charge is 2.32. The first-order valence-corrected chi connectivity index (χ1v) is 17.0. The fourth-order valence-electron chi connectivity index (χ4n) is 6.31. The maximum atomic E-state index is 14.3. The number of rotatable bonds is 7. The van der Waals surface area contributed by atoms with E-state index in [-0.39, 0.29) is 54.6 Å². The molecule has 4 rings (SSSR count). The second kappa shape index (κ2) is 17.5. The Morgan fingerprint density at radius 2 is 1.66 bits per heavy atom. The van der Waals surface area contributed by atoms with Crippen molar-refractivity contribution >= 4 is 29.2 Å². The molecular formula is C36H51FN4O6. The minimum absolute atomic E-state index is 0.0496. The lowest BCUT2D eigenvalue weighted by Gasteiger charge is -2.36. The molecular weight excluding hydrogens is 603 g/mol. The van der Waals surface area contributed by atoms with E-state index in [4.69, 9.17) is 9.47 Å². The number of aliphatic hydroxyl groups is 1. The van der Waals surface area contributed by atoms with Gasteiger partial charge in [-0.3, -0.25) is 9.59 Å². The van der Waals surface area contributed by atoms with E-state index in [0.29, 0.717) is 30.3 Å². The highest BCUT2D eigenvalue weighted by Crippen LogP contribution is 2.29. The third-order valence-corrected chi connectivity index (χ3v) is 9.20. The van der Waals surface area contributed by atoms with Gasteiger partial charge in [-0.2, -0.15) is 0 Å². The molecule has 1 heterocycles. The van der Waals surface area contributed by atoms with Crippen molar-refractivity contribution in [2.45, 2.75) is 90.4 Å². The number of fused-ring (bicyclic) bond motifs is 1. The number of carbonyl (C=O) groups excluding carboxylic acids is 3. The van der Waals surface area contributed by atoms with E-state index in [1.165, 1.54) is 30.7 Å². The zero-order chi connectivity index (χ0) is 33.9. The smallest absolute Gasteiger partial charge is 0.323 e. The van der Waals surface area contributed by atoms with Crippen molar-refractivity contribution in [2.75, 3.05) is 44.0 Å². The second-order valence-electron chi connectivity index (χ2n) is 13.2. The molecule has 2 aromatic rings. The molecule has 4 atom stereocenters. The van der Waals surface area contributed by atoms with Gasteiger partial charge in [0.25, 0.3) is 5.91 Å². The van der Waals surface area contributed by atoms with E-state index in [1.807, 2.05) is 20.9 Å². The highest BCUT2D eigenvalue weighted by molar-refractivity contribution is 6.02. The Kier molecular flexibility index (Phi) is 13.4. The molecule has 0 unspecified atom stereocenters. The fraction of sp³-hybridized carbons (Fsp3) is 0.583. The van der Waals surface area contributed by atoms with Crippen molar-refractivity contribution in [3.05, 3.63) is 53.8 Å². The first-order chi connectivity index (χ1) is 22.5. The summed E-state index contributed by atoms with van der Waals surface area (Å²) in [5.41, 5.74) is 1.03. The van der Waals surface area contributed by atoms with Gasteiger partial charge < -0.3 is 35.0 Å². The number of urea groups is 1. The van der Waals surface area contributed by atoms with Gasteiger partial charge in [-0.1, -0.05) is 26.2 Å². The van der Waals surface area contributed by atoms with Crippen LogP contribution in [0.15, 0.2) is 42.5 Å².